The van der Waals surface area contributed by atoms with Crippen molar-refractivity contribution in [3.8, 4) is 0 Å². The zero-order chi connectivity index (χ0) is 10.9. The Labute approximate surface area is 86.4 Å². The summed E-state index contributed by atoms with van der Waals surface area (Å²) >= 11 is 0. The first-order valence-electron chi connectivity index (χ1n) is 5.34. The van der Waals surface area contributed by atoms with Crippen LogP contribution in [0.1, 0.15) is 19.3 Å². The molecule has 86 valence electrons. The summed E-state index contributed by atoms with van der Waals surface area (Å²) in [7, 11) is 2.11. The standard InChI is InChI=1S/C10H24NO3/c1-11(5-2-8-12,6-3-9-13)7-4-10-14/h12-14H,2-10H2,1H3/q+1. The molecule has 0 bridgehead atoms. The maximum absolute atomic E-state index is 8.77. The lowest BCUT2D eigenvalue weighted by Crippen LogP contribution is -2.47. The van der Waals surface area contributed by atoms with E-state index in [9.17, 15) is 0 Å². The van der Waals surface area contributed by atoms with Gasteiger partial charge in [0.25, 0.3) is 0 Å². The van der Waals surface area contributed by atoms with Crippen molar-refractivity contribution in [2.45, 2.75) is 19.3 Å². The van der Waals surface area contributed by atoms with Gasteiger partial charge in [-0.15, -0.1) is 0 Å². The zero-order valence-corrected chi connectivity index (χ0v) is 9.15. The van der Waals surface area contributed by atoms with E-state index in [4.69, 9.17) is 15.3 Å². The number of aliphatic hydroxyl groups excluding tert-OH is 3. The molecule has 0 aromatic carbocycles. The third-order valence-electron chi connectivity index (χ3n) is 2.57. The topological polar surface area (TPSA) is 60.7 Å². The van der Waals surface area contributed by atoms with E-state index in [1.54, 1.807) is 0 Å². The number of aliphatic hydroxyl groups is 3. The molecule has 0 aliphatic heterocycles. The minimum atomic E-state index is 0.214. The van der Waals surface area contributed by atoms with Crippen LogP contribution in [-0.2, 0) is 0 Å². The van der Waals surface area contributed by atoms with Crippen LogP contribution >= 0.6 is 0 Å². The Morgan fingerprint density at radius 3 is 1.21 bits per heavy atom. The van der Waals surface area contributed by atoms with E-state index in [1.807, 2.05) is 0 Å². The van der Waals surface area contributed by atoms with Gasteiger partial charge in [-0.05, 0) is 0 Å². The van der Waals surface area contributed by atoms with Gasteiger partial charge in [-0.2, -0.15) is 0 Å². The van der Waals surface area contributed by atoms with Gasteiger partial charge in [0.1, 0.15) is 0 Å². The smallest absolute Gasteiger partial charge is 0.0806 e. The highest BCUT2D eigenvalue weighted by Crippen LogP contribution is 2.07. The molecule has 0 atom stereocenters. The normalized spacial score (nSPS) is 12.0. The first kappa shape index (κ1) is 13.8. The molecule has 0 saturated heterocycles. The SMILES string of the molecule is C[N+](CCCO)(CCCO)CCCO. The fourth-order valence-corrected chi connectivity index (χ4v) is 1.69. The molecule has 0 aromatic heterocycles. The Balaban J connectivity index is 3.89. The summed E-state index contributed by atoms with van der Waals surface area (Å²) < 4.78 is 0.835. The molecule has 0 radical (unpaired) electrons. The molecule has 0 fully saturated rings. The highest BCUT2D eigenvalue weighted by atomic mass is 16.3. The van der Waals surface area contributed by atoms with Crippen molar-refractivity contribution in [3.05, 3.63) is 0 Å². The molecule has 0 saturated carbocycles. The average molecular weight is 206 g/mol. The van der Waals surface area contributed by atoms with E-state index in [0.717, 1.165) is 43.4 Å². The van der Waals surface area contributed by atoms with E-state index in [-0.39, 0.29) is 19.8 Å². The highest BCUT2D eigenvalue weighted by Gasteiger charge is 2.19. The van der Waals surface area contributed by atoms with E-state index in [1.165, 1.54) is 0 Å². The first-order chi connectivity index (χ1) is 6.68. The van der Waals surface area contributed by atoms with Crippen molar-refractivity contribution in [1.82, 2.24) is 0 Å². The molecule has 0 spiro atoms. The third kappa shape index (κ3) is 6.32. The van der Waals surface area contributed by atoms with Crippen LogP contribution in [0.15, 0.2) is 0 Å². The quantitative estimate of drug-likeness (QED) is 0.449. The zero-order valence-electron chi connectivity index (χ0n) is 9.15. The van der Waals surface area contributed by atoms with Crippen molar-refractivity contribution < 1.29 is 19.8 Å². The number of hydrogen-bond acceptors (Lipinski definition) is 3. The van der Waals surface area contributed by atoms with Crippen molar-refractivity contribution in [2.24, 2.45) is 0 Å². The van der Waals surface area contributed by atoms with Gasteiger partial charge in [0.2, 0.25) is 0 Å². The maximum atomic E-state index is 8.77. The molecular weight excluding hydrogens is 182 g/mol. The van der Waals surface area contributed by atoms with E-state index in [2.05, 4.69) is 7.05 Å². The Kier molecular flexibility index (Phi) is 8.08. The average Bonchev–Trinajstić information content (AvgIpc) is 2.21. The van der Waals surface area contributed by atoms with Gasteiger partial charge in [-0.25, -0.2) is 0 Å². The summed E-state index contributed by atoms with van der Waals surface area (Å²) in [6, 6.07) is 0. The molecular formula is C10H24NO3+. The van der Waals surface area contributed by atoms with Crippen LogP contribution in [0.5, 0.6) is 0 Å². The van der Waals surface area contributed by atoms with Crippen LogP contribution in [0.4, 0.5) is 0 Å². The second-order valence-corrected chi connectivity index (χ2v) is 4.02. The van der Waals surface area contributed by atoms with Crippen LogP contribution < -0.4 is 0 Å². The fraction of sp³-hybridized carbons (Fsp3) is 1.00. The van der Waals surface area contributed by atoms with Gasteiger partial charge in [0, 0.05) is 39.1 Å². The molecule has 0 amide bonds. The Morgan fingerprint density at radius 2 is 1.00 bits per heavy atom. The van der Waals surface area contributed by atoms with Gasteiger partial charge in [-0.3, -0.25) is 0 Å². The largest absolute Gasteiger partial charge is 0.396 e. The molecule has 0 aliphatic rings. The summed E-state index contributed by atoms with van der Waals surface area (Å²) in [6.07, 6.45) is 2.36. The summed E-state index contributed by atoms with van der Waals surface area (Å²) in [5.74, 6) is 0. The number of quaternary nitrogens is 1. The van der Waals surface area contributed by atoms with Gasteiger partial charge < -0.3 is 19.8 Å². The summed E-state index contributed by atoms with van der Waals surface area (Å²) in [6.45, 7) is 3.38. The van der Waals surface area contributed by atoms with E-state index in [0.29, 0.717) is 0 Å². The lowest BCUT2D eigenvalue weighted by atomic mass is 10.2. The molecule has 4 nitrogen and oxygen atoms in total. The molecule has 0 aliphatic carbocycles. The minimum Gasteiger partial charge on any atom is -0.396 e. The predicted molar refractivity (Wildman–Crippen MR) is 55.9 cm³/mol. The first-order valence-corrected chi connectivity index (χ1v) is 5.34. The van der Waals surface area contributed by atoms with Gasteiger partial charge in [0.05, 0.1) is 26.7 Å². The monoisotopic (exact) mass is 206 g/mol. The van der Waals surface area contributed by atoms with Gasteiger partial charge in [-0.1, -0.05) is 0 Å². The summed E-state index contributed by atoms with van der Waals surface area (Å²) in [5.41, 5.74) is 0. The highest BCUT2D eigenvalue weighted by molar-refractivity contribution is 4.43. The predicted octanol–water partition coefficient (Wildman–Crippen LogP) is -0.420. The molecule has 0 aromatic rings. The molecule has 0 rings (SSSR count). The van der Waals surface area contributed by atoms with Gasteiger partial charge >= 0.3 is 0 Å². The second-order valence-electron chi connectivity index (χ2n) is 4.02. The van der Waals surface area contributed by atoms with Crippen LogP contribution in [0.25, 0.3) is 0 Å². The lowest BCUT2D eigenvalue weighted by Gasteiger charge is -2.34. The second kappa shape index (κ2) is 8.17. The Bertz CT molecular complexity index is 109. The summed E-state index contributed by atoms with van der Waals surface area (Å²) in [4.78, 5) is 0. The molecule has 0 heterocycles. The fourth-order valence-electron chi connectivity index (χ4n) is 1.69. The van der Waals surface area contributed by atoms with Crippen LogP contribution in [0, 0.1) is 0 Å². The minimum absolute atomic E-state index is 0.214. The summed E-state index contributed by atoms with van der Waals surface area (Å²) in [5, 5.41) is 26.3. The third-order valence-corrected chi connectivity index (χ3v) is 2.57. The molecule has 3 N–H and O–H groups in total. The number of hydrogen-bond donors (Lipinski definition) is 3. The van der Waals surface area contributed by atoms with E-state index < -0.39 is 0 Å². The van der Waals surface area contributed by atoms with Gasteiger partial charge in [0.15, 0.2) is 0 Å². The van der Waals surface area contributed by atoms with Crippen molar-refractivity contribution in [3.63, 3.8) is 0 Å². The van der Waals surface area contributed by atoms with Crippen molar-refractivity contribution in [2.75, 3.05) is 46.5 Å². The Hall–Kier alpha value is -0.160. The van der Waals surface area contributed by atoms with E-state index >= 15 is 0 Å². The molecule has 4 heteroatoms. The number of rotatable bonds is 9. The molecule has 14 heavy (non-hydrogen) atoms. The van der Waals surface area contributed by atoms with Crippen LogP contribution in [-0.4, -0.2) is 66.3 Å². The number of nitrogens with zero attached hydrogens (tertiary/aromatic N) is 1. The van der Waals surface area contributed by atoms with Crippen molar-refractivity contribution >= 4 is 0 Å². The maximum Gasteiger partial charge on any atom is 0.0806 e. The van der Waals surface area contributed by atoms with Crippen LogP contribution in [0.2, 0.25) is 0 Å². The molecule has 0 unspecified atom stereocenters. The van der Waals surface area contributed by atoms with Crippen molar-refractivity contribution in [1.29, 1.82) is 0 Å². The lowest BCUT2D eigenvalue weighted by molar-refractivity contribution is -0.910. The Morgan fingerprint density at radius 1 is 0.714 bits per heavy atom. The van der Waals surface area contributed by atoms with Crippen LogP contribution in [0.3, 0.4) is 0 Å².